The minimum atomic E-state index is -4.66. The molecular weight excluding hydrogens is 463 g/mol. The van der Waals surface area contributed by atoms with Crippen molar-refractivity contribution in [3.63, 3.8) is 0 Å². The van der Waals surface area contributed by atoms with Gasteiger partial charge in [0.05, 0.1) is 11.5 Å². The number of halogens is 3. The zero-order valence-electron chi connectivity index (χ0n) is 16.9. The van der Waals surface area contributed by atoms with Crippen molar-refractivity contribution < 1.29 is 27.2 Å². The standard InChI is InChI=1S/C19H16F3N7O3S/c20-19(21,22)18-25-24-14-1-2-15(26-29(14)18)28-6-3-11(4-7-28)17(30)31-9-13-23-16(32-27-13)12-5-8-33-10-12/h1-2,5,8,10-11H,3-4,6-7,9H2. The molecule has 10 nitrogen and oxygen atoms in total. The lowest BCUT2D eigenvalue weighted by atomic mass is 9.97. The van der Waals surface area contributed by atoms with Crippen LogP contribution >= 0.6 is 11.3 Å². The molecule has 0 spiro atoms. The number of aromatic nitrogens is 6. The van der Waals surface area contributed by atoms with E-state index in [2.05, 4.69) is 25.4 Å². The summed E-state index contributed by atoms with van der Waals surface area (Å²) in [5.74, 6) is -0.906. The maximum absolute atomic E-state index is 13.1. The van der Waals surface area contributed by atoms with Crippen molar-refractivity contribution in [3.8, 4) is 11.5 Å². The Bertz CT molecular complexity index is 1260. The average Bonchev–Trinajstić information content (AvgIpc) is 3.57. The Labute approximate surface area is 188 Å². The van der Waals surface area contributed by atoms with Crippen LogP contribution in [-0.2, 0) is 22.3 Å². The van der Waals surface area contributed by atoms with Crippen LogP contribution in [0.4, 0.5) is 19.0 Å². The molecule has 0 amide bonds. The van der Waals surface area contributed by atoms with Crippen LogP contribution in [0.15, 0.2) is 33.5 Å². The van der Waals surface area contributed by atoms with E-state index in [0.29, 0.717) is 42.2 Å². The quantitative estimate of drug-likeness (QED) is 0.398. The third kappa shape index (κ3) is 4.37. The molecule has 4 aromatic heterocycles. The van der Waals surface area contributed by atoms with Crippen LogP contribution < -0.4 is 4.90 Å². The number of anilines is 1. The number of carbonyl (C=O) groups excluding carboxylic acids is 1. The van der Waals surface area contributed by atoms with E-state index in [1.807, 2.05) is 21.7 Å². The fraction of sp³-hybridized carbons (Fsp3) is 0.368. The van der Waals surface area contributed by atoms with Crippen LogP contribution in [0, 0.1) is 5.92 Å². The molecule has 4 aromatic rings. The first-order valence-electron chi connectivity index (χ1n) is 9.95. The Balaban J connectivity index is 1.17. The van der Waals surface area contributed by atoms with Gasteiger partial charge in [0, 0.05) is 18.5 Å². The molecule has 0 unspecified atom stereocenters. The Kier molecular flexibility index (Phi) is 5.44. The Hall–Kier alpha value is -3.55. The van der Waals surface area contributed by atoms with Gasteiger partial charge in [0.1, 0.15) is 5.82 Å². The minimum Gasteiger partial charge on any atom is -0.457 e. The number of hydrogen-bond acceptors (Lipinski definition) is 10. The van der Waals surface area contributed by atoms with Gasteiger partial charge in [-0.3, -0.25) is 4.79 Å². The summed E-state index contributed by atoms with van der Waals surface area (Å²) in [7, 11) is 0. The molecule has 0 aromatic carbocycles. The summed E-state index contributed by atoms with van der Waals surface area (Å²) in [6.07, 6.45) is -3.72. The third-order valence-corrected chi connectivity index (χ3v) is 5.92. The van der Waals surface area contributed by atoms with Crippen LogP contribution in [0.2, 0.25) is 0 Å². The van der Waals surface area contributed by atoms with Gasteiger partial charge in [-0.1, -0.05) is 5.16 Å². The molecule has 0 bridgehead atoms. The highest BCUT2D eigenvalue weighted by molar-refractivity contribution is 7.08. The Morgan fingerprint density at radius 2 is 2.03 bits per heavy atom. The van der Waals surface area contributed by atoms with E-state index in [1.165, 1.54) is 17.4 Å². The summed E-state index contributed by atoms with van der Waals surface area (Å²) < 4.78 is 50.5. The fourth-order valence-electron chi connectivity index (χ4n) is 3.54. The second-order valence-corrected chi connectivity index (χ2v) is 8.16. The number of thiophene rings is 1. The van der Waals surface area contributed by atoms with Crippen molar-refractivity contribution in [2.45, 2.75) is 25.6 Å². The highest BCUT2D eigenvalue weighted by Gasteiger charge is 2.38. The van der Waals surface area contributed by atoms with Gasteiger partial charge >= 0.3 is 12.1 Å². The first kappa shape index (κ1) is 21.3. The van der Waals surface area contributed by atoms with E-state index in [1.54, 1.807) is 6.07 Å². The summed E-state index contributed by atoms with van der Waals surface area (Å²) in [6, 6.07) is 4.87. The summed E-state index contributed by atoms with van der Waals surface area (Å²) >= 11 is 1.50. The lowest BCUT2D eigenvalue weighted by Crippen LogP contribution is -2.37. The molecule has 172 valence electrons. The number of fused-ring (bicyclic) bond motifs is 1. The van der Waals surface area contributed by atoms with E-state index in [9.17, 15) is 18.0 Å². The van der Waals surface area contributed by atoms with Crippen molar-refractivity contribution in [2.75, 3.05) is 18.0 Å². The largest absolute Gasteiger partial charge is 0.457 e. The van der Waals surface area contributed by atoms with E-state index in [-0.39, 0.29) is 30.0 Å². The normalized spacial score (nSPS) is 15.3. The molecule has 5 heterocycles. The van der Waals surface area contributed by atoms with Gasteiger partial charge < -0.3 is 14.2 Å². The Morgan fingerprint density at radius 3 is 2.76 bits per heavy atom. The van der Waals surface area contributed by atoms with E-state index < -0.39 is 12.0 Å². The van der Waals surface area contributed by atoms with Crippen molar-refractivity contribution >= 4 is 28.8 Å². The van der Waals surface area contributed by atoms with Crippen molar-refractivity contribution in [1.29, 1.82) is 0 Å². The highest BCUT2D eigenvalue weighted by atomic mass is 32.1. The van der Waals surface area contributed by atoms with Crippen molar-refractivity contribution in [1.82, 2.24) is 30.0 Å². The van der Waals surface area contributed by atoms with Gasteiger partial charge in [-0.2, -0.15) is 34.0 Å². The number of piperidine rings is 1. The molecule has 14 heteroatoms. The smallest absolute Gasteiger partial charge is 0.453 e. The van der Waals surface area contributed by atoms with Crippen LogP contribution in [-0.4, -0.2) is 49.0 Å². The maximum Gasteiger partial charge on any atom is 0.453 e. The number of ether oxygens (including phenoxy) is 1. The molecule has 0 radical (unpaired) electrons. The number of carbonyl (C=O) groups is 1. The molecule has 1 saturated heterocycles. The van der Waals surface area contributed by atoms with Gasteiger partial charge in [0.25, 0.3) is 11.7 Å². The number of nitrogens with zero attached hydrogens (tertiary/aromatic N) is 7. The minimum absolute atomic E-state index is 0.00756. The summed E-state index contributed by atoms with van der Waals surface area (Å²) in [4.78, 5) is 18.5. The number of hydrogen-bond donors (Lipinski definition) is 0. The van der Waals surface area contributed by atoms with E-state index >= 15 is 0 Å². The van der Waals surface area contributed by atoms with E-state index in [4.69, 9.17) is 9.26 Å². The molecule has 1 fully saturated rings. The molecule has 1 aliphatic heterocycles. The molecule has 0 N–H and O–H groups in total. The second kappa shape index (κ2) is 8.42. The summed E-state index contributed by atoms with van der Waals surface area (Å²) in [5, 5.41) is 18.3. The SMILES string of the molecule is O=C(OCc1noc(-c2ccsc2)n1)C1CCN(c2ccc3nnc(C(F)(F)F)n3n2)CC1. The van der Waals surface area contributed by atoms with Crippen molar-refractivity contribution in [3.05, 3.63) is 40.6 Å². The number of alkyl halides is 3. The van der Waals surface area contributed by atoms with Crippen LogP contribution in [0.1, 0.15) is 24.5 Å². The van der Waals surface area contributed by atoms with Gasteiger partial charge in [-0.15, -0.1) is 15.3 Å². The predicted octanol–water partition coefficient (Wildman–Crippen LogP) is 3.21. The third-order valence-electron chi connectivity index (χ3n) is 5.23. The maximum atomic E-state index is 13.1. The van der Waals surface area contributed by atoms with Gasteiger partial charge in [0.15, 0.2) is 12.3 Å². The number of rotatable bonds is 5. The lowest BCUT2D eigenvalue weighted by Gasteiger charge is -2.31. The van der Waals surface area contributed by atoms with E-state index in [0.717, 1.165) is 5.56 Å². The van der Waals surface area contributed by atoms with Crippen molar-refractivity contribution in [2.24, 2.45) is 5.92 Å². The van der Waals surface area contributed by atoms with Crippen LogP contribution in [0.5, 0.6) is 0 Å². The van der Waals surface area contributed by atoms with Gasteiger partial charge in [-0.25, -0.2) is 0 Å². The molecule has 0 aliphatic carbocycles. The zero-order valence-corrected chi connectivity index (χ0v) is 17.7. The molecule has 0 saturated carbocycles. The average molecular weight is 479 g/mol. The van der Waals surface area contributed by atoms with Gasteiger partial charge in [0.2, 0.25) is 5.82 Å². The molecule has 33 heavy (non-hydrogen) atoms. The monoisotopic (exact) mass is 479 g/mol. The predicted molar refractivity (Wildman–Crippen MR) is 108 cm³/mol. The molecular formula is C19H16F3N7O3S. The van der Waals surface area contributed by atoms with Crippen LogP contribution in [0.3, 0.4) is 0 Å². The molecule has 1 aliphatic rings. The highest BCUT2D eigenvalue weighted by Crippen LogP contribution is 2.29. The first-order chi connectivity index (χ1) is 15.9. The second-order valence-electron chi connectivity index (χ2n) is 7.38. The van der Waals surface area contributed by atoms with Crippen LogP contribution in [0.25, 0.3) is 17.1 Å². The lowest BCUT2D eigenvalue weighted by molar-refractivity contribution is -0.151. The first-order valence-corrected chi connectivity index (χ1v) is 10.9. The summed E-state index contributed by atoms with van der Waals surface area (Å²) in [6.45, 7) is 0.775. The topological polar surface area (TPSA) is 112 Å². The fourth-order valence-corrected chi connectivity index (χ4v) is 4.17. The Morgan fingerprint density at radius 1 is 1.21 bits per heavy atom. The summed E-state index contributed by atoms with van der Waals surface area (Å²) in [5.41, 5.74) is 0.811. The molecule has 0 atom stereocenters. The van der Waals surface area contributed by atoms with Gasteiger partial charge in [-0.05, 0) is 36.4 Å². The zero-order chi connectivity index (χ0) is 23.0. The number of esters is 1. The molecule has 5 rings (SSSR count).